The zero-order chi connectivity index (χ0) is 19.9. The van der Waals surface area contributed by atoms with Gasteiger partial charge in [-0.25, -0.2) is 4.79 Å². The Hall–Kier alpha value is -3.06. The molecule has 28 heavy (non-hydrogen) atoms. The van der Waals surface area contributed by atoms with Gasteiger partial charge in [0.1, 0.15) is 11.8 Å². The Balaban J connectivity index is 1.76. The number of methoxy groups -OCH3 is 1. The molecule has 148 valence electrons. The summed E-state index contributed by atoms with van der Waals surface area (Å²) in [5.74, 6) is 0.518. The Bertz CT molecular complexity index is 804. The summed E-state index contributed by atoms with van der Waals surface area (Å²) in [4.78, 5) is 28.9. The van der Waals surface area contributed by atoms with Gasteiger partial charge in [0, 0.05) is 33.2 Å². The van der Waals surface area contributed by atoms with E-state index in [9.17, 15) is 9.59 Å². The molecule has 1 fully saturated rings. The van der Waals surface area contributed by atoms with Crippen LogP contribution in [0, 0.1) is 0 Å². The highest BCUT2D eigenvalue weighted by atomic mass is 16.5. The molecule has 0 bridgehead atoms. The van der Waals surface area contributed by atoms with Crippen molar-refractivity contribution in [1.82, 2.24) is 15.5 Å². The van der Waals surface area contributed by atoms with Gasteiger partial charge in [-0.3, -0.25) is 15.0 Å². The number of imide groups is 1. The number of hydrogen-bond donors (Lipinski definition) is 2. The van der Waals surface area contributed by atoms with E-state index >= 15 is 0 Å². The maximum absolute atomic E-state index is 12.8. The van der Waals surface area contributed by atoms with Crippen LogP contribution in [0.4, 0.5) is 10.5 Å². The van der Waals surface area contributed by atoms with Crippen LogP contribution in [0.1, 0.15) is 11.6 Å². The van der Waals surface area contributed by atoms with Crippen molar-refractivity contribution in [3.63, 3.8) is 0 Å². The summed E-state index contributed by atoms with van der Waals surface area (Å²) in [5.41, 5.74) is 1.92. The molecule has 0 spiro atoms. The van der Waals surface area contributed by atoms with Gasteiger partial charge in [-0.1, -0.05) is 42.5 Å². The molecule has 1 aliphatic heterocycles. The minimum Gasteiger partial charge on any atom is -0.495 e. The lowest BCUT2D eigenvalue weighted by molar-refractivity contribution is -0.125. The maximum Gasteiger partial charge on any atom is 0.321 e. The summed E-state index contributed by atoms with van der Waals surface area (Å²) >= 11 is 0. The highest BCUT2D eigenvalue weighted by Crippen LogP contribution is 2.30. The Morgan fingerprint density at radius 3 is 2.25 bits per heavy atom. The van der Waals surface area contributed by atoms with Gasteiger partial charge in [-0.15, -0.1) is 0 Å². The van der Waals surface area contributed by atoms with Gasteiger partial charge in [0.15, 0.2) is 0 Å². The third kappa shape index (κ3) is 4.43. The molecule has 1 atom stereocenters. The van der Waals surface area contributed by atoms with Crippen molar-refractivity contribution in [3.05, 3.63) is 60.2 Å². The second-order valence-corrected chi connectivity index (χ2v) is 6.58. The molecule has 1 heterocycles. The first kappa shape index (κ1) is 19.7. The van der Waals surface area contributed by atoms with Crippen LogP contribution in [0.25, 0.3) is 0 Å². The molecule has 1 aliphatic rings. The van der Waals surface area contributed by atoms with Gasteiger partial charge >= 0.3 is 6.03 Å². The third-order valence-electron chi connectivity index (χ3n) is 4.93. The van der Waals surface area contributed by atoms with E-state index in [1.54, 1.807) is 7.11 Å². The van der Waals surface area contributed by atoms with Gasteiger partial charge in [0.05, 0.1) is 12.8 Å². The van der Waals surface area contributed by atoms with Crippen LogP contribution in [0.5, 0.6) is 5.75 Å². The number of hydrogen-bond acceptors (Lipinski definition) is 5. The topological polar surface area (TPSA) is 73.9 Å². The molecular weight excluding hydrogens is 356 g/mol. The smallest absolute Gasteiger partial charge is 0.321 e. The van der Waals surface area contributed by atoms with E-state index in [2.05, 4.69) is 20.4 Å². The quantitative estimate of drug-likeness (QED) is 0.828. The zero-order valence-electron chi connectivity index (χ0n) is 16.2. The molecule has 7 heteroatoms. The number of para-hydroxylation sites is 2. The number of ether oxygens (including phenoxy) is 1. The van der Waals surface area contributed by atoms with Crippen molar-refractivity contribution in [1.29, 1.82) is 0 Å². The van der Waals surface area contributed by atoms with Crippen LogP contribution in [0.15, 0.2) is 54.6 Å². The number of carbonyl (C=O) groups excluding carboxylic acids is 2. The van der Waals surface area contributed by atoms with Gasteiger partial charge in [-0.05, 0) is 17.7 Å². The molecule has 0 radical (unpaired) electrons. The van der Waals surface area contributed by atoms with Crippen molar-refractivity contribution in [2.24, 2.45) is 0 Å². The summed E-state index contributed by atoms with van der Waals surface area (Å²) in [6, 6.07) is 16.5. The summed E-state index contributed by atoms with van der Waals surface area (Å²) < 4.78 is 5.47. The lowest BCUT2D eigenvalue weighted by Gasteiger charge is -2.40. The molecule has 3 amide bonds. The molecule has 7 nitrogen and oxygen atoms in total. The molecule has 2 aromatic rings. The highest BCUT2D eigenvalue weighted by Gasteiger charge is 2.31. The Morgan fingerprint density at radius 2 is 1.61 bits per heavy atom. The predicted octanol–water partition coefficient (Wildman–Crippen LogP) is 2.01. The third-order valence-corrected chi connectivity index (χ3v) is 4.93. The number of carbonyl (C=O) groups is 2. The number of benzene rings is 2. The fourth-order valence-corrected chi connectivity index (χ4v) is 3.52. The summed E-state index contributed by atoms with van der Waals surface area (Å²) in [7, 11) is 3.16. The Morgan fingerprint density at radius 1 is 0.964 bits per heavy atom. The lowest BCUT2D eigenvalue weighted by Crippen LogP contribution is -2.52. The minimum atomic E-state index is -0.515. The van der Waals surface area contributed by atoms with Crippen LogP contribution in [0.3, 0.4) is 0 Å². The van der Waals surface area contributed by atoms with E-state index in [0.29, 0.717) is 13.1 Å². The monoisotopic (exact) mass is 382 g/mol. The van der Waals surface area contributed by atoms with Gasteiger partial charge in [-0.2, -0.15) is 0 Å². The predicted molar refractivity (Wildman–Crippen MR) is 109 cm³/mol. The van der Waals surface area contributed by atoms with E-state index < -0.39 is 12.1 Å². The van der Waals surface area contributed by atoms with Gasteiger partial charge in [0.2, 0.25) is 5.91 Å². The van der Waals surface area contributed by atoms with Gasteiger partial charge < -0.3 is 15.0 Å². The van der Waals surface area contributed by atoms with Crippen LogP contribution in [0.2, 0.25) is 0 Å². The number of nitrogens with one attached hydrogen (secondary N) is 2. The minimum absolute atomic E-state index is 0.323. The number of amides is 3. The number of urea groups is 1. The normalized spacial score (nSPS) is 15.6. The fourth-order valence-electron chi connectivity index (χ4n) is 3.52. The molecule has 0 aromatic heterocycles. The highest BCUT2D eigenvalue weighted by molar-refractivity contribution is 5.97. The van der Waals surface area contributed by atoms with Crippen molar-refractivity contribution in [2.45, 2.75) is 6.04 Å². The SMILES string of the molecule is CNC(=O)NC(=O)[C@@H](c1ccccc1)N1CCN(c2ccccc2OC)CC1. The van der Waals surface area contributed by atoms with Crippen LogP contribution in [-0.2, 0) is 4.79 Å². The summed E-state index contributed by atoms with van der Waals surface area (Å²) in [6.45, 7) is 2.91. The number of rotatable bonds is 5. The summed E-state index contributed by atoms with van der Waals surface area (Å²) in [5, 5.41) is 4.86. The average molecular weight is 382 g/mol. The number of anilines is 1. The Labute approximate surface area is 165 Å². The molecule has 1 saturated heterocycles. The molecule has 2 aromatic carbocycles. The molecule has 0 saturated carbocycles. The second-order valence-electron chi connectivity index (χ2n) is 6.58. The van der Waals surface area contributed by atoms with Crippen molar-refractivity contribution in [3.8, 4) is 5.75 Å². The first-order valence-electron chi connectivity index (χ1n) is 9.33. The first-order chi connectivity index (χ1) is 13.6. The van der Waals surface area contributed by atoms with Crippen molar-refractivity contribution in [2.75, 3.05) is 45.2 Å². The van der Waals surface area contributed by atoms with E-state index in [-0.39, 0.29) is 5.91 Å². The molecule has 0 aliphatic carbocycles. The average Bonchev–Trinajstić information content (AvgIpc) is 2.75. The van der Waals surface area contributed by atoms with E-state index in [0.717, 1.165) is 30.1 Å². The first-order valence-corrected chi connectivity index (χ1v) is 9.33. The largest absolute Gasteiger partial charge is 0.495 e. The standard InChI is InChI=1S/C21H26N4O3/c1-22-21(27)23-20(26)19(16-8-4-3-5-9-16)25-14-12-24(13-15-25)17-10-6-7-11-18(17)28-2/h3-11,19H,12-15H2,1-2H3,(H2,22,23,26,27)/t19-/m1/s1. The van der Waals surface area contributed by atoms with Crippen LogP contribution < -0.4 is 20.3 Å². The fraction of sp³-hybridized carbons (Fsp3) is 0.333. The number of piperazine rings is 1. The van der Waals surface area contributed by atoms with Crippen molar-refractivity contribution >= 4 is 17.6 Å². The zero-order valence-corrected chi connectivity index (χ0v) is 16.2. The van der Waals surface area contributed by atoms with E-state index in [4.69, 9.17) is 4.74 Å². The maximum atomic E-state index is 12.8. The Kier molecular flexibility index (Phi) is 6.49. The van der Waals surface area contributed by atoms with E-state index in [1.165, 1.54) is 7.05 Å². The molecule has 0 unspecified atom stereocenters. The van der Waals surface area contributed by atoms with Crippen LogP contribution >= 0.6 is 0 Å². The van der Waals surface area contributed by atoms with Gasteiger partial charge in [0.25, 0.3) is 0 Å². The van der Waals surface area contributed by atoms with Crippen LogP contribution in [-0.4, -0.2) is 57.2 Å². The molecule has 2 N–H and O–H groups in total. The lowest BCUT2D eigenvalue weighted by atomic mass is 10.0. The number of nitrogens with zero attached hydrogens (tertiary/aromatic N) is 2. The van der Waals surface area contributed by atoms with Crippen molar-refractivity contribution < 1.29 is 14.3 Å². The molecular formula is C21H26N4O3. The second kappa shape index (κ2) is 9.23. The molecule has 3 rings (SSSR count). The van der Waals surface area contributed by atoms with E-state index in [1.807, 2.05) is 54.6 Å². The summed E-state index contributed by atoms with van der Waals surface area (Å²) in [6.07, 6.45) is 0.